The molecule has 2 aliphatic rings. The van der Waals surface area contributed by atoms with Crippen molar-refractivity contribution < 1.29 is 9.59 Å². The van der Waals surface area contributed by atoms with E-state index in [1.165, 1.54) is 5.56 Å². The van der Waals surface area contributed by atoms with E-state index < -0.39 is 0 Å². The molecule has 2 aromatic rings. The summed E-state index contributed by atoms with van der Waals surface area (Å²) in [7, 11) is 0. The summed E-state index contributed by atoms with van der Waals surface area (Å²) in [5.41, 5.74) is 3.83. The molecule has 2 amide bonds. The number of para-hydroxylation sites is 1. The van der Waals surface area contributed by atoms with Gasteiger partial charge in [-0.2, -0.15) is 0 Å². The van der Waals surface area contributed by atoms with E-state index >= 15 is 0 Å². The van der Waals surface area contributed by atoms with E-state index in [1.807, 2.05) is 42.5 Å². The van der Waals surface area contributed by atoms with E-state index in [4.69, 9.17) is 0 Å². The smallest absolute Gasteiger partial charge is 0.317 e. The molecule has 22 heavy (non-hydrogen) atoms. The van der Waals surface area contributed by atoms with Crippen LogP contribution in [0.1, 0.15) is 33.9 Å². The van der Waals surface area contributed by atoms with Gasteiger partial charge in [-0.25, -0.2) is 4.79 Å². The molecule has 0 aromatic heterocycles. The summed E-state index contributed by atoms with van der Waals surface area (Å²) in [6.45, 7) is 0.646. The first-order valence-electron chi connectivity index (χ1n) is 7.52. The quantitative estimate of drug-likeness (QED) is 0.875. The standard InChI is InChI=1S/C18H16N2O2/c21-16-11-15-17-12(5-4-8-14(16)17)9-10-20(15)18(22)19-13-6-2-1-3-7-13/h1-8,15H,9-11H2,(H,19,22)/t15-/m1/s1. The van der Waals surface area contributed by atoms with Crippen LogP contribution in [0.3, 0.4) is 0 Å². The van der Waals surface area contributed by atoms with Gasteiger partial charge in [0.05, 0.1) is 6.04 Å². The molecular formula is C18H16N2O2. The van der Waals surface area contributed by atoms with Gasteiger partial charge in [0.2, 0.25) is 0 Å². The second-order valence-corrected chi connectivity index (χ2v) is 5.76. The van der Waals surface area contributed by atoms with Gasteiger partial charge in [0.1, 0.15) is 0 Å². The van der Waals surface area contributed by atoms with Crippen molar-refractivity contribution in [1.82, 2.24) is 4.90 Å². The van der Waals surface area contributed by atoms with Crippen molar-refractivity contribution in [3.8, 4) is 0 Å². The Morgan fingerprint density at radius 2 is 1.91 bits per heavy atom. The lowest BCUT2D eigenvalue weighted by molar-refractivity contribution is 0.0966. The first kappa shape index (κ1) is 13.1. The van der Waals surface area contributed by atoms with E-state index in [2.05, 4.69) is 11.4 Å². The number of benzene rings is 2. The zero-order valence-electron chi connectivity index (χ0n) is 12.1. The number of rotatable bonds is 1. The number of Topliss-reactive ketones (excluding diaryl/α,β-unsaturated/α-hetero) is 1. The Balaban J connectivity index is 1.63. The van der Waals surface area contributed by atoms with Crippen LogP contribution in [0.5, 0.6) is 0 Å². The first-order valence-corrected chi connectivity index (χ1v) is 7.52. The molecule has 4 nitrogen and oxygen atoms in total. The fourth-order valence-corrected chi connectivity index (χ4v) is 3.48. The predicted molar refractivity (Wildman–Crippen MR) is 84.0 cm³/mol. The Hall–Kier alpha value is -2.62. The van der Waals surface area contributed by atoms with Crippen LogP contribution in [0, 0.1) is 0 Å². The number of hydrogen-bond donors (Lipinski definition) is 1. The Bertz CT molecular complexity index is 755. The number of urea groups is 1. The van der Waals surface area contributed by atoms with Gasteiger partial charge in [-0.3, -0.25) is 4.79 Å². The van der Waals surface area contributed by atoms with Crippen molar-refractivity contribution in [1.29, 1.82) is 0 Å². The summed E-state index contributed by atoms with van der Waals surface area (Å²) in [6.07, 6.45) is 1.20. The molecule has 0 bridgehead atoms. The van der Waals surface area contributed by atoms with Crippen LogP contribution in [0.2, 0.25) is 0 Å². The van der Waals surface area contributed by atoms with Gasteiger partial charge >= 0.3 is 6.03 Å². The average molecular weight is 292 g/mol. The lowest BCUT2D eigenvalue weighted by atomic mass is 9.94. The number of carbonyl (C=O) groups is 2. The van der Waals surface area contributed by atoms with Crippen LogP contribution in [0.15, 0.2) is 48.5 Å². The highest BCUT2D eigenvalue weighted by Crippen LogP contribution is 2.41. The maximum absolute atomic E-state index is 12.6. The minimum atomic E-state index is -0.133. The maximum atomic E-state index is 12.6. The third-order valence-corrected chi connectivity index (χ3v) is 4.49. The van der Waals surface area contributed by atoms with Crippen molar-refractivity contribution in [2.75, 3.05) is 11.9 Å². The molecule has 4 rings (SSSR count). The zero-order valence-corrected chi connectivity index (χ0v) is 12.1. The number of nitrogens with zero attached hydrogens (tertiary/aromatic N) is 1. The first-order chi connectivity index (χ1) is 10.7. The van der Waals surface area contributed by atoms with Gasteiger partial charge in [0.15, 0.2) is 5.78 Å². The van der Waals surface area contributed by atoms with Crippen molar-refractivity contribution >= 4 is 17.5 Å². The summed E-state index contributed by atoms with van der Waals surface area (Å²) >= 11 is 0. The molecule has 0 fully saturated rings. The molecule has 4 heteroatoms. The van der Waals surface area contributed by atoms with E-state index in [1.54, 1.807) is 4.90 Å². The highest BCUT2D eigenvalue weighted by molar-refractivity contribution is 6.02. The largest absolute Gasteiger partial charge is 0.322 e. The Morgan fingerprint density at radius 1 is 1.09 bits per heavy atom. The van der Waals surface area contributed by atoms with Crippen molar-refractivity contribution in [2.45, 2.75) is 18.9 Å². The molecule has 0 radical (unpaired) electrons. The lowest BCUT2D eigenvalue weighted by Gasteiger charge is -2.34. The molecule has 0 saturated heterocycles. The molecule has 1 N–H and O–H groups in total. The molecule has 1 atom stereocenters. The van der Waals surface area contributed by atoms with Gasteiger partial charge in [0.25, 0.3) is 0 Å². The highest BCUT2D eigenvalue weighted by Gasteiger charge is 2.39. The summed E-state index contributed by atoms with van der Waals surface area (Å²) in [4.78, 5) is 26.6. The fourth-order valence-electron chi connectivity index (χ4n) is 3.48. The number of carbonyl (C=O) groups excluding carboxylic acids is 2. The van der Waals surface area contributed by atoms with E-state index in [9.17, 15) is 9.59 Å². The third-order valence-electron chi connectivity index (χ3n) is 4.49. The molecule has 1 aliphatic carbocycles. The molecule has 1 aliphatic heterocycles. The molecule has 110 valence electrons. The van der Waals surface area contributed by atoms with Crippen molar-refractivity contribution in [2.24, 2.45) is 0 Å². The number of ketones is 1. The number of anilines is 1. The molecule has 0 unspecified atom stereocenters. The monoisotopic (exact) mass is 292 g/mol. The Labute approximate surface area is 128 Å². The van der Waals surface area contributed by atoms with Gasteiger partial charge < -0.3 is 10.2 Å². The van der Waals surface area contributed by atoms with Crippen LogP contribution >= 0.6 is 0 Å². The summed E-state index contributed by atoms with van der Waals surface area (Å²) in [6, 6.07) is 15.0. The van der Waals surface area contributed by atoms with Crippen LogP contribution in [-0.2, 0) is 6.42 Å². The second-order valence-electron chi connectivity index (χ2n) is 5.76. The average Bonchev–Trinajstić information content (AvgIpc) is 2.87. The highest BCUT2D eigenvalue weighted by atomic mass is 16.2. The normalized spacial score (nSPS) is 19.0. The maximum Gasteiger partial charge on any atom is 0.322 e. The van der Waals surface area contributed by atoms with Crippen LogP contribution in [0.25, 0.3) is 0 Å². The van der Waals surface area contributed by atoms with Crippen molar-refractivity contribution in [3.05, 3.63) is 65.2 Å². The second kappa shape index (κ2) is 4.98. The third kappa shape index (κ3) is 1.99. The molecule has 0 saturated carbocycles. The zero-order chi connectivity index (χ0) is 15.1. The summed E-state index contributed by atoms with van der Waals surface area (Å²) in [5.74, 6) is 0.140. The van der Waals surface area contributed by atoms with E-state index in [0.717, 1.165) is 23.2 Å². The topological polar surface area (TPSA) is 49.4 Å². The molecule has 1 heterocycles. The van der Waals surface area contributed by atoms with Gasteiger partial charge in [-0.15, -0.1) is 0 Å². The predicted octanol–water partition coefficient (Wildman–Crippen LogP) is 3.40. The lowest BCUT2D eigenvalue weighted by Crippen LogP contribution is -2.41. The number of hydrogen-bond acceptors (Lipinski definition) is 2. The summed E-state index contributed by atoms with van der Waals surface area (Å²) in [5, 5.41) is 2.92. The van der Waals surface area contributed by atoms with Crippen LogP contribution in [0.4, 0.5) is 10.5 Å². The Morgan fingerprint density at radius 3 is 2.73 bits per heavy atom. The minimum absolute atomic E-state index is 0.115. The van der Waals surface area contributed by atoms with Crippen molar-refractivity contribution in [3.63, 3.8) is 0 Å². The number of amides is 2. The van der Waals surface area contributed by atoms with Gasteiger partial charge in [0, 0.05) is 24.2 Å². The Kier molecular flexibility index (Phi) is 2.96. The van der Waals surface area contributed by atoms with Crippen LogP contribution in [-0.4, -0.2) is 23.3 Å². The number of nitrogens with one attached hydrogen (secondary N) is 1. The van der Waals surface area contributed by atoms with Gasteiger partial charge in [-0.1, -0.05) is 36.4 Å². The van der Waals surface area contributed by atoms with E-state index in [-0.39, 0.29) is 17.9 Å². The fraction of sp³-hybridized carbons (Fsp3) is 0.222. The molecular weight excluding hydrogens is 276 g/mol. The molecule has 0 spiro atoms. The SMILES string of the molecule is O=C1C[C@@H]2c3c(cccc31)CCN2C(=O)Nc1ccccc1. The van der Waals surface area contributed by atoms with E-state index in [0.29, 0.717) is 13.0 Å². The van der Waals surface area contributed by atoms with Gasteiger partial charge in [-0.05, 0) is 29.7 Å². The molecule has 2 aromatic carbocycles. The van der Waals surface area contributed by atoms with Crippen LogP contribution < -0.4 is 5.32 Å². The minimum Gasteiger partial charge on any atom is -0.317 e. The summed E-state index contributed by atoms with van der Waals surface area (Å²) < 4.78 is 0.